The van der Waals surface area contributed by atoms with Crippen LogP contribution in [0.5, 0.6) is 0 Å². The minimum atomic E-state index is -1.53. The van der Waals surface area contributed by atoms with Gasteiger partial charge in [0.05, 0.1) is 0 Å². The highest BCUT2D eigenvalue weighted by atomic mass is 16.5. The number of nitrogens with one attached hydrogen (secondary N) is 2. The predicted molar refractivity (Wildman–Crippen MR) is 91.1 cm³/mol. The van der Waals surface area contributed by atoms with Crippen LogP contribution in [0.3, 0.4) is 0 Å². The van der Waals surface area contributed by atoms with Gasteiger partial charge in [0.25, 0.3) is 0 Å². The second-order valence-electron chi connectivity index (χ2n) is 5.90. The molecule has 6 heteroatoms. The number of carbonyl (C=O) groups excluding carboxylic acids is 1. The minimum Gasteiger partial charge on any atom is -0.476 e. The Bertz CT molecular complexity index is 643. The van der Waals surface area contributed by atoms with Crippen LogP contribution in [0.1, 0.15) is 24.0 Å². The summed E-state index contributed by atoms with van der Waals surface area (Å²) < 4.78 is 5.31. The number of carboxylic acids is 1. The van der Waals surface area contributed by atoms with Gasteiger partial charge < -0.3 is 15.2 Å². The zero-order valence-electron chi connectivity index (χ0n) is 13.7. The summed E-state index contributed by atoms with van der Waals surface area (Å²) in [5.41, 5.74) is 0.884. The van der Waals surface area contributed by atoms with Crippen molar-refractivity contribution in [1.82, 2.24) is 5.32 Å². The first-order valence-corrected chi connectivity index (χ1v) is 7.94. The van der Waals surface area contributed by atoms with Crippen LogP contribution in [-0.2, 0) is 14.3 Å². The molecule has 1 aromatic rings. The lowest BCUT2D eigenvalue weighted by atomic mass is 9.98. The van der Waals surface area contributed by atoms with E-state index in [4.69, 9.17) is 15.3 Å². The SMILES string of the molecule is Cc1ccc(/C(=C/NCC2CCOCC2)C(=O)C(=N)C(=O)O)cc1. The lowest BCUT2D eigenvalue weighted by molar-refractivity contribution is -0.130. The van der Waals surface area contributed by atoms with Crippen LogP contribution in [-0.4, -0.2) is 42.3 Å². The first-order valence-electron chi connectivity index (χ1n) is 7.94. The Morgan fingerprint density at radius 1 is 1.29 bits per heavy atom. The Hall–Kier alpha value is -2.47. The molecular formula is C18H22N2O4. The number of hydrogen-bond donors (Lipinski definition) is 3. The summed E-state index contributed by atoms with van der Waals surface area (Å²) in [6.07, 6.45) is 3.44. The van der Waals surface area contributed by atoms with E-state index >= 15 is 0 Å². The Balaban J connectivity index is 2.16. The van der Waals surface area contributed by atoms with Crippen molar-refractivity contribution in [1.29, 1.82) is 5.41 Å². The lowest BCUT2D eigenvalue weighted by Gasteiger charge is -2.22. The number of aliphatic carboxylic acids is 1. The van der Waals surface area contributed by atoms with E-state index in [1.807, 2.05) is 19.1 Å². The second kappa shape index (κ2) is 8.40. The quantitative estimate of drug-likeness (QED) is 0.403. The molecule has 2 rings (SSSR count). The molecule has 0 atom stereocenters. The van der Waals surface area contributed by atoms with E-state index in [1.165, 1.54) is 6.20 Å². The van der Waals surface area contributed by atoms with Gasteiger partial charge in [0.2, 0.25) is 5.78 Å². The van der Waals surface area contributed by atoms with Gasteiger partial charge >= 0.3 is 5.97 Å². The van der Waals surface area contributed by atoms with Gasteiger partial charge in [0.1, 0.15) is 0 Å². The van der Waals surface area contributed by atoms with Gasteiger partial charge in [-0.3, -0.25) is 10.2 Å². The van der Waals surface area contributed by atoms with Crippen LogP contribution in [0.4, 0.5) is 0 Å². The number of aryl methyl sites for hydroxylation is 1. The number of carbonyl (C=O) groups is 2. The highest BCUT2D eigenvalue weighted by molar-refractivity contribution is 6.71. The fourth-order valence-corrected chi connectivity index (χ4v) is 2.52. The molecule has 0 bridgehead atoms. The first-order chi connectivity index (χ1) is 11.5. The smallest absolute Gasteiger partial charge is 0.357 e. The van der Waals surface area contributed by atoms with Crippen molar-refractivity contribution in [2.24, 2.45) is 5.92 Å². The van der Waals surface area contributed by atoms with Gasteiger partial charge in [-0.25, -0.2) is 4.79 Å². The monoisotopic (exact) mass is 330 g/mol. The van der Waals surface area contributed by atoms with Crippen molar-refractivity contribution in [2.75, 3.05) is 19.8 Å². The van der Waals surface area contributed by atoms with E-state index in [0.29, 0.717) is 18.0 Å². The van der Waals surface area contributed by atoms with Crippen LogP contribution in [0.25, 0.3) is 5.57 Å². The standard InChI is InChI=1S/C18H22N2O4/c1-12-2-4-14(5-3-12)15(17(21)16(19)18(22)23)11-20-10-13-6-8-24-9-7-13/h2-5,11,13,19-20H,6-10H2,1H3,(H,22,23)/b15-11-,19-16?. The highest BCUT2D eigenvalue weighted by Gasteiger charge is 2.23. The van der Waals surface area contributed by atoms with E-state index in [1.54, 1.807) is 12.1 Å². The number of carboxylic acid groups (broad SMARTS) is 1. The molecule has 1 aromatic carbocycles. The van der Waals surface area contributed by atoms with Crippen molar-refractivity contribution >= 4 is 23.0 Å². The molecule has 24 heavy (non-hydrogen) atoms. The topological polar surface area (TPSA) is 99.5 Å². The van der Waals surface area contributed by atoms with Crippen molar-refractivity contribution < 1.29 is 19.4 Å². The Kier molecular flexibility index (Phi) is 6.26. The molecule has 0 unspecified atom stereocenters. The van der Waals surface area contributed by atoms with Gasteiger partial charge in [-0.15, -0.1) is 0 Å². The third-order valence-electron chi connectivity index (χ3n) is 4.04. The zero-order chi connectivity index (χ0) is 17.5. The number of ether oxygens (including phenoxy) is 1. The fraction of sp³-hybridized carbons (Fsp3) is 0.389. The van der Waals surface area contributed by atoms with Gasteiger partial charge in [0.15, 0.2) is 5.71 Å². The molecule has 0 radical (unpaired) electrons. The van der Waals surface area contributed by atoms with E-state index in [-0.39, 0.29) is 5.57 Å². The summed E-state index contributed by atoms with van der Waals surface area (Å²) in [6, 6.07) is 7.20. The van der Waals surface area contributed by atoms with Crippen LogP contribution in [0.2, 0.25) is 0 Å². The van der Waals surface area contributed by atoms with Crippen LogP contribution >= 0.6 is 0 Å². The second-order valence-corrected chi connectivity index (χ2v) is 5.90. The average Bonchev–Trinajstić information content (AvgIpc) is 2.59. The van der Waals surface area contributed by atoms with Crippen molar-refractivity contribution in [3.8, 4) is 0 Å². The van der Waals surface area contributed by atoms with Crippen LogP contribution < -0.4 is 5.32 Å². The summed E-state index contributed by atoms with van der Waals surface area (Å²) in [5.74, 6) is -1.86. The number of ketones is 1. The third kappa shape index (κ3) is 4.76. The van der Waals surface area contributed by atoms with Gasteiger partial charge in [-0.1, -0.05) is 29.8 Å². The van der Waals surface area contributed by atoms with E-state index in [9.17, 15) is 9.59 Å². The van der Waals surface area contributed by atoms with Gasteiger partial charge in [-0.2, -0.15) is 0 Å². The number of rotatable bonds is 7. The fourth-order valence-electron chi connectivity index (χ4n) is 2.52. The van der Waals surface area contributed by atoms with E-state index < -0.39 is 17.5 Å². The average molecular weight is 330 g/mol. The largest absolute Gasteiger partial charge is 0.476 e. The summed E-state index contributed by atoms with van der Waals surface area (Å²) in [4.78, 5) is 23.3. The molecule has 1 aliphatic rings. The van der Waals surface area contributed by atoms with Gasteiger partial charge in [0, 0.05) is 31.5 Å². The molecule has 1 saturated heterocycles. The summed E-state index contributed by atoms with van der Waals surface area (Å²) in [6.45, 7) is 4.09. The first kappa shape index (κ1) is 17.9. The zero-order valence-corrected chi connectivity index (χ0v) is 13.7. The minimum absolute atomic E-state index is 0.189. The normalized spacial score (nSPS) is 15.8. The summed E-state index contributed by atoms with van der Waals surface area (Å²) in [5, 5.41) is 19.5. The van der Waals surface area contributed by atoms with Crippen molar-refractivity contribution in [2.45, 2.75) is 19.8 Å². The van der Waals surface area contributed by atoms with Crippen molar-refractivity contribution in [3.63, 3.8) is 0 Å². The number of hydrogen-bond acceptors (Lipinski definition) is 5. The molecule has 1 aliphatic heterocycles. The third-order valence-corrected chi connectivity index (χ3v) is 4.04. The van der Waals surface area contributed by atoms with Gasteiger partial charge in [-0.05, 0) is 31.2 Å². The molecule has 0 amide bonds. The van der Waals surface area contributed by atoms with E-state index in [2.05, 4.69) is 5.32 Å². The molecule has 128 valence electrons. The number of benzene rings is 1. The molecule has 6 nitrogen and oxygen atoms in total. The summed E-state index contributed by atoms with van der Waals surface area (Å²) >= 11 is 0. The predicted octanol–water partition coefficient (Wildman–Crippen LogP) is 2.03. The molecule has 0 aliphatic carbocycles. The number of Topliss-reactive ketones (excluding diaryl/α,β-unsaturated/α-hetero) is 1. The number of allylic oxidation sites excluding steroid dienone is 1. The molecule has 1 fully saturated rings. The molecule has 0 spiro atoms. The Morgan fingerprint density at radius 3 is 2.50 bits per heavy atom. The van der Waals surface area contributed by atoms with Crippen LogP contribution in [0, 0.1) is 18.3 Å². The maximum atomic E-state index is 12.3. The molecule has 0 saturated carbocycles. The molecule has 3 N–H and O–H groups in total. The Morgan fingerprint density at radius 2 is 1.92 bits per heavy atom. The maximum Gasteiger partial charge on any atom is 0.357 e. The summed E-state index contributed by atoms with van der Waals surface area (Å²) in [7, 11) is 0. The van der Waals surface area contributed by atoms with E-state index in [0.717, 1.165) is 31.6 Å². The molecule has 1 heterocycles. The van der Waals surface area contributed by atoms with Crippen LogP contribution in [0.15, 0.2) is 30.5 Å². The molecule has 0 aromatic heterocycles. The molecular weight excluding hydrogens is 308 g/mol. The highest BCUT2D eigenvalue weighted by Crippen LogP contribution is 2.18. The van der Waals surface area contributed by atoms with Crippen molar-refractivity contribution in [3.05, 3.63) is 41.6 Å². The Labute approximate surface area is 141 Å². The lowest BCUT2D eigenvalue weighted by Crippen LogP contribution is -2.27. The maximum absolute atomic E-state index is 12.3.